The summed E-state index contributed by atoms with van der Waals surface area (Å²) in [4.78, 5) is 15.9. The highest BCUT2D eigenvalue weighted by Crippen LogP contribution is 2.26. The third kappa shape index (κ3) is 2.60. The van der Waals surface area contributed by atoms with Crippen molar-refractivity contribution in [3.05, 3.63) is 64.7 Å². The van der Waals surface area contributed by atoms with E-state index in [1.807, 2.05) is 31.2 Å². The van der Waals surface area contributed by atoms with Crippen molar-refractivity contribution in [3.63, 3.8) is 0 Å². The van der Waals surface area contributed by atoms with Crippen LogP contribution in [0.2, 0.25) is 5.02 Å². The summed E-state index contributed by atoms with van der Waals surface area (Å²) in [5, 5.41) is 12.3. The molecule has 4 heteroatoms. The molecule has 0 fully saturated rings. The third-order valence-corrected chi connectivity index (χ3v) is 3.57. The molecule has 1 aromatic heterocycles. The quantitative estimate of drug-likeness (QED) is 0.729. The van der Waals surface area contributed by atoms with Gasteiger partial charge in [-0.2, -0.15) is 0 Å². The Kier molecular flexibility index (Phi) is 3.35. The number of carbonyl (C=O) groups excluding carboxylic acids is 1. The standard InChI is InChI=1S/C17H12ClNO2/c1-10-2-4-11(5-3-10)16-9-14(17(20)21)13-8-12(18)6-7-15(13)19-16/h2-9H,1H3,(H,20,21)/p-1. The first-order valence-corrected chi connectivity index (χ1v) is 6.81. The normalized spacial score (nSPS) is 10.8. The lowest BCUT2D eigenvalue weighted by molar-refractivity contribution is -0.254. The number of aromatic carboxylic acids is 1. The van der Waals surface area contributed by atoms with Crippen molar-refractivity contribution < 1.29 is 9.90 Å². The molecular weight excluding hydrogens is 286 g/mol. The van der Waals surface area contributed by atoms with Crippen molar-refractivity contribution in [2.24, 2.45) is 0 Å². The Morgan fingerprint density at radius 1 is 1.10 bits per heavy atom. The van der Waals surface area contributed by atoms with E-state index in [9.17, 15) is 9.90 Å². The summed E-state index contributed by atoms with van der Waals surface area (Å²) in [6, 6.07) is 14.3. The summed E-state index contributed by atoms with van der Waals surface area (Å²) < 4.78 is 0. The lowest BCUT2D eigenvalue weighted by Gasteiger charge is -2.11. The molecule has 3 nitrogen and oxygen atoms in total. The van der Waals surface area contributed by atoms with Crippen LogP contribution in [0.25, 0.3) is 22.2 Å². The van der Waals surface area contributed by atoms with Crippen molar-refractivity contribution >= 4 is 28.5 Å². The van der Waals surface area contributed by atoms with Gasteiger partial charge < -0.3 is 9.90 Å². The minimum atomic E-state index is -1.24. The largest absolute Gasteiger partial charge is 0.545 e. The van der Waals surface area contributed by atoms with E-state index in [4.69, 9.17) is 11.6 Å². The lowest BCUT2D eigenvalue weighted by atomic mass is 10.0. The smallest absolute Gasteiger partial charge is 0.0722 e. The Morgan fingerprint density at radius 3 is 2.48 bits per heavy atom. The molecule has 0 aliphatic heterocycles. The van der Waals surface area contributed by atoms with E-state index in [1.54, 1.807) is 18.2 Å². The molecule has 0 aliphatic carbocycles. The van der Waals surface area contributed by atoms with Gasteiger partial charge in [-0.3, -0.25) is 0 Å². The number of hydrogen-bond acceptors (Lipinski definition) is 3. The molecule has 0 spiro atoms. The number of nitrogens with zero attached hydrogens (tertiary/aromatic N) is 1. The van der Waals surface area contributed by atoms with Gasteiger partial charge in [0.05, 0.1) is 17.2 Å². The second-order valence-electron chi connectivity index (χ2n) is 4.87. The molecule has 0 aliphatic rings. The van der Waals surface area contributed by atoms with Crippen LogP contribution < -0.4 is 5.11 Å². The Labute approximate surface area is 126 Å². The second kappa shape index (κ2) is 5.19. The van der Waals surface area contributed by atoms with Crippen LogP contribution in [-0.4, -0.2) is 11.0 Å². The first-order chi connectivity index (χ1) is 10.0. The van der Waals surface area contributed by atoms with Crippen molar-refractivity contribution in [1.29, 1.82) is 0 Å². The van der Waals surface area contributed by atoms with Crippen LogP contribution in [0, 0.1) is 6.92 Å². The Bertz CT molecular complexity index is 841. The molecule has 0 saturated heterocycles. The Hall–Kier alpha value is -2.39. The van der Waals surface area contributed by atoms with Gasteiger partial charge in [0.25, 0.3) is 0 Å². The Balaban J connectivity index is 2.28. The van der Waals surface area contributed by atoms with Crippen molar-refractivity contribution in [2.75, 3.05) is 0 Å². The van der Waals surface area contributed by atoms with Crippen LogP contribution in [0.15, 0.2) is 48.5 Å². The van der Waals surface area contributed by atoms with Gasteiger partial charge in [-0.25, -0.2) is 4.98 Å². The van der Waals surface area contributed by atoms with Gasteiger partial charge in [-0.1, -0.05) is 41.4 Å². The SMILES string of the molecule is Cc1ccc(-c2cc(C(=O)[O-])c3cc(Cl)ccc3n2)cc1. The molecule has 0 radical (unpaired) electrons. The minimum Gasteiger partial charge on any atom is -0.545 e. The molecule has 0 bridgehead atoms. The number of carbonyl (C=O) groups is 1. The molecule has 21 heavy (non-hydrogen) atoms. The van der Waals surface area contributed by atoms with Crippen LogP contribution in [0.1, 0.15) is 15.9 Å². The maximum absolute atomic E-state index is 11.4. The van der Waals surface area contributed by atoms with E-state index in [0.29, 0.717) is 21.6 Å². The fourth-order valence-corrected chi connectivity index (χ4v) is 2.41. The van der Waals surface area contributed by atoms with E-state index in [1.165, 1.54) is 6.07 Å². The predicted octanol–water partition coefficient (Wildman–Crippen LogP) is 3.23. The molecule has 104 valence electrons. The van der Waals surface area contributed by atoms with E-state index in [0.717, 1.165) is 11.1 Å². The zero-order valence-corrected chi connectivity index (χ0v) is 12.0. The third-order valence-electron chi connectivity index (χ3n) is 3.34. The van der Waals surface area contributed by atoms with E-state index < -0.39 is 5.97 Å². The summed E-state index contributed by atoms with van der Waals surface area (Å²) in [6.07, 6.45) is 0. The average molecular weight is 297 g/mol. The lowest BCUT2D eigenvalue weighted by Crippen LogP contribution is -2.22. The molecule has 0 saturated carbocycles. The number of hydrogen-bond donors (Lipinski definition) is 0. The molecule has 0 amide bonds. The highest BCUT2D eigenvalue weighted by molar-refractivity contribution is 6.31. The first kappa shape index (κ1) is 13.6. The molecule has 3 rings (SSSR count). The van der Waals surface area contributed by atoms with Crippen LogP contribution >= 0.6 is 11.6 Å². The molecule has 0 N–H and O–H groups in total. The number of fused-ring (bicyclic) bond motifs is 1. The van der Waals surface area contributed by atoms with Gasteiger partial charge in [0.2, 0.25) is 0 Å². The summed E-state index contributed by atoms with van der Waals surface area (Å²) in [7, 11) is 0. The number of benzene rings is 2. The summed E-state index contributed by atoms with van der Waals surface area (Å²) in [6.45, 7) is 1.99. The number of pyridine rings is 1. The first-order valence-electron chi connectivity index (χ1n) is 6.43. The molecule has 0 unspecified atom stereocenters. The zero-order valence-electron chi connectivity index (χ0n) is 11.3. The van der Waals surface area contributed by atoms with Crippen LogP contribution in [-0.2, 0) is 0 Å². The number of aromatic nitrogens is 1. The fourth-order valence-electron chi connectivity index (χ4n) is 2.24. The van der Waals surface area contributed by atoms with Gasteiger partial charge in [-0.15, -0.1) is 0 Å². The molecule has 3 aromatic rings. The minimum absolute atomic E-state index is 0.0954. The maximum atomic E-state index is 11.4. The van der Waals surface area contributed by atoms with Crippen LogP contribution in [0.3, 0.4) is 0 Å². The van der Waals surface area contributed by atoms with E-state index in [-0.39, 0.29) is 5.56 Å². The van der Waals surface area contributed by atoms with E-state index >= 15 is 0 Å². The highest BCUT2D eigenvalue weighted by Gasteiger charge is 2.09. The molecule has 1 heterocycles. The monoisotopic (exact) mass is 296 g/mol. The maximum Gasteiger partial charge on any atom is 0.0722 e. The summed E-state index contributed by atoms with van der Waals surface area (Å²) in [5.41, 5.74) is 3.27. The van der Waals surface area contributed by atoms with E-state index in [2.05, 4.69) is 4.98 Å². The fraction of sp³-hybridized carbons (Fsp3) is 0.0588. The zero-order chi connectivity index (χ0) is 15.0. The highest BCUT2D eigenvalue weighted by atomic mass is 35.5. The molecular formula is C17H11ClNO2-. The topological polar surface area (TPSA) is 53.0 Å². The number of carboxylic acids is 1. The number of aryl methyl sites for hydroxylation is 1. The predicted molar refractivity (Wildman–Crippen MR) is 81.3 cm³/mol. The number of carboxylic acid groups (broad SMARTS) is 1. The van der Waals surface area contributed by atoms with Crippen LogP contribution in [0.5, 0.6) is 0 Å². The summed E-state index contributed by atoms with van der Waals surface area (Å²) >= 11 is 5.93. The van der Waals surface area contributed by atoms with Crippen molar-refractivity contribution in [1.82, 2.24) is 4.98 Å². The average Bonchev–Trinajstić information content (AvgIpc) is 2.46. The van der Waals surface area contributed by atoms with Gasteiger partial charge in [0.15, 0.2) is 0 Å². The van der Waals surface area contributed by atoms with Crippen molar-refractivity contribution in [2.45, 2.75) is 6.92 Å². The van der Waals surface area contributed by atoms with Gasteiger partial charge in [-0.05, 0) is 31.2 Å². The second-order valence-corrected chi connectivity index (χ2v) is 5.31. The van der Waals surface area contributed by atoms with Gasteiger partial charge >= 0.3 is 0 Å². The Morgan fingerprint density at radius 2 is 1.81 bits per heavy atom. The van der Waals surface area contributed by atoms with Gasteiger partial charge in [0.1, 0.15) is 0 Å². The molecule has 0 atom stereocenters. The molecule has 2 aromatic carbocycles. The van der Waals surface area contributed by atoms with Crippen LogP contribution in [0.4, 0.5) is 0 Å². The summed E-state index contributed by atoms with van der Waals surface area (Å²) in [5.74, 6) is -1.24. The van der Waals surface area contributed by atoms with Gasteiger partial charge in [0, 0.05) is 21.5 Å². The number of halogens is 1. The van der Waals surface area contributed by atoms with Crippen molar-refractivity contribution in [3.8, 4) is 11.3 Å². The number of rotatable bonds is 2.